The van der Waals surface area contributed by atoms with E-state index >= 15 is 0 Å². The third-order valence-electron chi connectivity index (χ3n) is 2.37. The molecular formula is C10H17NO. The molecule has 1 aliphatic rings. The number of rotatable bonds is 2. The predicted molar refractivity (Wildman–Crippen MR) is 49.8 cm³/mol. The Balaban J connectivity index is 2.76. The molecule has 0 bridgehead atoms. The number of nitrogens with zero attached hydrogens (tertiary/aromatic N) is 1. The molecule has 1 atom stereocenters. The van der Waals surface area contributed by atoms with Gasteiger partial charge in [-0.25, -0.2) is 0 Å². The minimum absolute atomic E-state index is 0.343. The third-order valence-corrected chi connectivity index (χ3v) is 2.37. The van der Waals surface area contributed by atoms with Crippen molar-refractivity contribution in [3.63, 3.8) is 0 Å². The molecular weight excluding hydrogens is 150 g/mol. The molecule has 0 amide bonds. The molecule has 0 radical (unpaired) electrons. The highest BCUT2D eigenvalue weighted by atomic mass is 16.1. The number of hydrogen-bond acceptors (Lipinski definition) is 2. The van der Waals surface area contributed by atoms with E-state index in [-0.39, 0.29) is 0 Å². The van der Waals surface area contributed by atoms with Gasteiger partial charge in [0.1, 0.15) is 0 Å². The molecule has 0 spiro atoms. The van der Waals surface area contributed by atoms with Gasteiger partial charge in [-0.15, -0.1) is 0 Å². The van der Waals surface area contributed by atoms with Crippen LogP contribution >= 0.6 is 0 Å². The summed E-state index contributed by atoms with van der Waals surface area (Å²) < 4.78 is 0. The van der Waals surface area contributed by atoms with Gasteiger partial charge < -0.3 is 4.90 Å². The second kappa shape index (κ2) is 3.74. The van der Waals surface area contributed by atoms with E-state index in [2.05, 4.69) is 6.92 Å². The van der Waals surface area contributed by atoms with Gasteiger partial charge in [0, 0.05) is 32.3 Å². The van der Waals surface area contributed by atoms with E-state index in [1.165, 1.54) is 0 Å². The minimum atomic E-state index is 0.343. The number of hydrogen-bond donors (Lipinski definition) is 0. The van der Waals surface area contributed by atoms with Crippen molar-refractivity contribution in [3.8, 4) is 0 Å². The summed E-state index contributed by atoms with van der Waals surface area (Å²) in [4.78, 5) is 13.3. The molecule has 0 aromatic heterocycles. The van der Waals surface area contributed by atoms with Crippen LogP contribution in [0, 0.1) is 5.92 Å². The number of ketones is 1. The fraction of sp³-hybridized carbons (Fsp3) is 0.700. The zero-order chi connectivity index (χ0) is 9.14. The lowest BCUT2D eigenvalue weighted by molar-refractivity contribution is -0.114. The minimum Gasteiger partial charge on any atom is -0.383 e. The Morgan fingerprint density at radius 1 is 1.58 bits per heavy atom. The second-order valence-corrected chi connectivity index (χ2v) is 3.62. The molecule has 1 fully saturated rings. The summed E-state index contributed by atoms with van der Waals surface area (Å²) >= 11 is 0. The van der Waals surface area contributed by atoms with Gasteiger partial charge in [-0.3, -0.25) is 4.79 Å². The van der Waals surface area contributed by atoms with Gasteiger partial charge in [-0.1, -0.05) is 6.92 Å². The zero-order valence-corrected chi connectivity index (χ0v) is 8.13. The van der Waals surface area contributed by atoms with Crippen LogP contribution in [0.2, 0.25) is 0 Å². The van der Waals surface area contributed by atoms with Crippen LogP contribution in [0.25, 0.3) is 0 Å². The van der Waals surface area contributed by atoms with Gasteiger partial charge >= 0.3 is 0 Å². The molecule has 0 aromatic carbocycles. The van der Waals surface area contributed by atoms with Gasteiger partial charge in [-0.05, 0) is 18.8 Å². The molecule has 2 heteroatoms. The molecule has 1 saturated carbocycles. The van der Waals surface area contributed by atoms with Gasteiger partial charge in [0.2, 0.25) is 0 Å². The SMILES string of the molecule is CCC1CCC(=O)/C1=C\N(C)C. The van der Waals surface area contributed by atoms with Crippen LogP contribution in [0.3, 0.4) is 0 Å². The van der Waals surface area contributed by atoms with E-state index in [0.717, 1.165) is 24.8 Å². The first kappa shape index (κ1) is 9.30. The molecule has 1 rings (SSSR count). The normalized spacial score (nSPS) is 26.8. The molecule has 2 nitrogen and oxygen atoms in total. The van der Waals surface area contributed by atoms with Crippen molar-refractivity contribution < 1.29 is 4.79 Å². The Labute approximate surface area is 74.2 Å². The largest absolute Gasteiger partial charge is 0.383 e. The van der Waals surface area contributed by atoms with E-state index < -0.39 is 0 Å². The number of allylic oxidation sites excluding steroid dienone is 1. The summed E-state index contributed by atoms with van der Waals surface area (Å²) in [6.45, 7) is 2.15. The first-order valence-corrected chi connectivity index (χ1v) is 4.56. The maximum Gasteiger partial charge on any atom is 0.160 e. The van der Waals surface area contributed by atoms with Crippen LogP contribution in [-0.4, -0.2) is 24.8 Å². The quantitative estimate of drug-likeness (QED) is 0.585. The topological polar surface area (TPSA) is 20.3 Å². The Hall–Kier alpha value is -0.790. The monoisotopic (exact) mass is 167 g/mol. The molecule has 1 aliphatic carbocycles. The van der Waals surface area contributed by atoms with Crippen LogP contribution in [0.1, 0.15) is 26.2 Å². The molecule has 0 saturated heterocycles. The fourth-order valence-electron chi connectivity index (χ4n) is 1.71. The van der Waals surface area contributed by atoms with Gasteiger partial charge in [0.25, 0.3) is 0 Å². The summed E-state index contributed by atoms with van der Waals surface area (Å²) in [5.41, 5.74) is 1.03. The van der Waals surface area contributed by atoms with Gasteiger partial charge in [0.05, 0.1) is 0 Å². The lowest BCUT2D eigenvalue weighted by Gasteiger charge is -2.11. The first-order chi connectivity index (χ1) is 5.65. The van der Waals surface area contributed by atoms with Crippen LogP contribution < -0.4 is 0 Å². The molecule has 0 aliphatic heterocycles. The van der Waals surface area contributed by atoms with Gasteiger partial charge in [0.15, 0.2) is 5.78 Å². The maximum atomic E-state index is 11.4. The summed E-state index contributed by atoms with van der Waals surface area (Å²) in [5.74, 6) is 0.857. The number of Topliss-reactive ketones (excluding diaryl/α,β-unsaturated/α-hetero) is 1. The maximum absolute atomic E-state index is 11.4. The van der Waals surface area contributed by atoms with E-state index in [1.807, 2.05) is 25.2 Å². The first-order valence-electron chi connectivity index (χ1n) is 4.56. The summed E-state index contributed by atoms with van der Waals surface area (Å²) in [6.07, 6.45) is 4.86. The average molecular weight is 167 g/mol. The van der Waals surface area contributed by atoms with Crippen molar-refractivity contribution in [2.75, 3.05) is 14.1 Å². The summed E-state index contributed by atoms with van der Waals surface area (Å²) in [7, 11) is 3.93. The molecule has 0 heterocycles. The summed E-state index contributed by atoms with van der Waals surface area (Å²) in [5, 5.41) is 0. The Morgan fingerprint density at radius 3 is 2.75 bits per heavy atom. The van der Waals surface area contributed by atoms with E-state index in [1.54, 1.807) is 0 Å². The lowest BCUT2D eigenvalue weighted by atomic mass is 10.0. The van der Waals surface area contributed by atoms with Crippen molar-refractivity contribution in [2.24, 2.45) is 5.92 Å². The molecule has 0 aromatic rings. The standard InChI is InChI=1S/C10H17NO/c1-4-8-5-6-10(12)9(8)7-11(2)3/h7-8H,4-6H2,1-3H3/b9-7-. The van der Waals surface area contributed by atoms with Crippen molar-refractivity contribution in [2.45, 2.75) is 26.2 Å². The van der Waals surface area contributed by atoms with Crippen LogP contribution in [0.15, 0.2) is 11.8 Å². The van der Waals surface area contributed by atoms with Crippen LogP contribution in [0.5, 0.6) is 0 Å². The lowest BCUT2D eigenvalue weighted by Crippen LogP contribution is -2.08. The second-order valence-electron chi connectivity index (χ2n) is 3.62. The summed E-state index contributed by atoms with van der Waals surface area (Å²) in [6, 6.07) is 0. The number of carbonyl (C=O) groups is 1. The van der Waals surface area contributed by atoms with Crippen molar-refractivity contribution in [1.82, 2.24) is 4.90 Å². The Morgan fingerprint density at radius 2 is 2.25 bits per heavy atom. The predicted octanol–water partition coefficient (Wildman–Crippen LogP) is 1.82. The average Bonchev–Trinajstić information content (AvgIpc) is 2.32. The zero-order valence-electron chi connectivity index (χ0n) is 8.13. The molecule has 0 N–H and O–H groups in total. The van der Waals surface area contributed by atoms with Crippen LogP contribution in [-0.2, 0) is 4.79 Å². The highest BCUT2D eigenvalue weighted by molar-refractivity contribution is 5.97. The fourth-order valence-corrected chi connectivity index (χ4v) is 1.71. The van der Waals surface area contributed by atoms with Crippen molar-refractivity contribution in [3.05, 3.63) is 11.8 Å². The highest BCUT2D eigenvalue weighted by Gasteiger charge is 2.26. The highest BCUT2D eigenvalue weighted by Crippen LogP contribution is 2.30. The van der Waals surface area contributed by atoms with E-state index in [0.29, 0.717) is 11.7 Å². The van der Waals surface area contributed by atoms with Crippen LogP contribution in [0.4, 0.5) is 0 Å². The van der Waals surface area contributed by atoms with E-state index in [4.69, 9.17) is 0 Å². The smallest absolute Gasteiger partial charge is 0.160 e. The van der Waals surface area contributed by atoms with Crippen molar-refractivity contribution >= 4 is 5.78 Å². The van der Waals surface area contributed by atoms with Crippen molar-refractivity contribution in [1.29, 1.82) is 0 Å². The van der Waals surface area contributed by atoms with E-state index in [9.17, 15) is 4.79 Å². The molecule has 68 valence electrons. The Kier molecular flexibility index (Phi) is 2.90. The van der Waals surface area contributed by atoms with Gasteiger partial charge in [-0.2, -0.15) is 0 Å². The molecule has 12 heavy (non-hydrogen) atoms. The molecule has 1 unspecified atom stereocenters. The third kappa shape index (κ3) is 1.87. The Bertz CT molecular complexity index is 206. The number of carbonyl (C=O) groups excluding carboxylic acids is 1.